The fraction of sp³-hybridized carbons (Fsp3) is 0.278. The van der Waals surface area contributed by atoms with Crippen LogP contribution in [0, 0.1) is 5.82 Å². The smallest absolute Gasteiger partial charge is 0.253 e. The molecule has 114 valence electrons. The summed E-state index contributed by atoms with van der Waals surface area (Å²) in [6.45, 7) is 0.547. The lowest BCUT2D eigenvalue weighted by atomic mass is 9.64. The van der Waals surface area contributed by atoms with E-state index in [1.165, 1.54) is 17.7 Å². The van der Waals surface area contributed by atoms with Crippen LogP contribution in [0.25, 0.3) is 0 Å². The van der Waals surface area contributed by atoms with Crippen LogP contribution in [0.1, 0.15) is 35.2 Å². The average Bonchev–Trinajstić information content (AvgIpc) is 2.50. The first-order valence-electron chi connectivity index (χ1n) is 7.50. The van der Waals surface area contributed by atoms with E-state index in [0.29, 0.717) is 6.54 Å². The molecular formula is C18H19FN2O. The summed E-state index contributed by atoms with van der Waals surface area (Å²) in [5.74, 6) is -0.881. The third-order valence-electron chi connectivity index (χ3n) is 4.58. The van der Waals surface area contributed by atoms with Crippen LogP contribution < -0.4 is 11.1 Å². The van der Waals surface area contributed by atoms with E-state index in [2.05, 4.69) is 17.4 Å². The van der Waals surface area contributed by atoms with Crippen LogP contribution in [0.2, 0.25) is 0 Å². The van der Waals surface area contributed by atoms with Gasteiger partial charge < -0.3 is 11.1 Å². The van der Waals surface area contributed by atoms with Gasteiger partial charge in [0.25, 0.3) is 5.91 Å². The topological polar surface area (TPSA) is 55.1 Å². The van der Waals surface area contributed by atoms with Crippen LogP contribution in [0.4, 0.5) is 10.1 Å². The molecule has 1 aliphatic rings. The third kappa shape index (κ3) is 2.56. The second-order valence-corrected chi connectivity index (χ2v) is 5.88. The molecule has 0 saturated heterocycles. The maximum absolute atomic E-state index is 13.5. The third-order valence-corrected chi connectivity index (χ3v) is 4.58. The number of anilines is 1. The van der Waals surface area contributed by atoms with Crippen molar-refractivity contribution >= 4 is 11.6 Å². The zero-order chi connectivity index (χ0) is 15.6. The first-order valence-corrected chi connectivity index (χ1v) is 7.50. The van der Waals surface area contributed by atoms with Crippen molar-refractivity contribution < 1.29 is 9.18 Å². The molecule has 1 amide bonds. The molecule has 3 N–H and O–H groups in total. The Bertz CT molecular complexity index is 681. The van der Waals surface area contributed by atoms with Crippen LogP contribution in [0.3, 0.4) is 0 Å². The zero-order valence-electron chi connectivity index (χ0n) is 12.3. The van der Waals surface area contributed by atoms with E-state index in [0.717, 1.165) is 19.3 Å². The van der Waals surface area contributed by atoms with Gasteiger partial charge >= 0.3 is 0 Å². The maximum Gasteiger partial charge on any atom is 0.253 e. The minimum atomic E-state index is -0.561. The number of nitrogens with one attached hydrogen (secondary N) is 1. The molecule has 4 heteroatoms. The van der Waals surface area contributed by atoms with Crippen molar-refractivity contribution in [3.63, 3.8) is 0 Å². The Kier molecular flexibility index (Phi) is 3.84. The van der Waals surface area contributed by atoms with Gasteiger partial charge in [-0.25, -0.2) is 4.39 Å². The molecule has 1 fully saturated rings. The zero-order valence-corrected chi connectivity index (χ0v) is 12.3. The number of nitrogens with two attached hydrogens (primary N) is 1. The second-order valence-electron chi connectivity index (χ2n) is 5.88. The first kappa shape index (κ1) is 14.6. The van der Waals surface area contributed by atoms with Gasteiger partial charge in [-0.15, -0.1) is 0 Å². The van der Waals surface area contributed by atoms with Crippen LogP contribution in [0.5, 0.6) is 0 Å². The maximum atomic E-state index is 13.5. The van der Waals surface area contributed by atoms with Gasteiger partial charge in [0.2, 0.25) is 0 Å². The van der Waals surface area contributed by atoms with E-state index in [9.17, 15) is 9.18 Å². The molecule has 0 atom stereocenters. The highest BCUT2D eigenvalue weighted by molar-refractivity contribution is 5.99. The predicted octanol–water partition coefficient (Wildman–Crippen LogP) is 3.26. The van der Waals surface area contributed by atoms with E-state index >= 15 is 0 Å². The number of amides is 1. The minimum absolute atomic E-state index is 0.000985. The molecule has 0 radical (unpaired) electrons. The normalized spacial score (nSPS) is 15.9. The molecule has 1 aliphatic carbocycles. The van der Waals surface area contributed by atoms with E-state index in [1.807, 2.05) is 18.2 Å². The van der Waals surface area contributed by atoms with E-state index in [1.54, 1.807) is 6.07 Å². The Balaban J connectivity index is 1.74. The summed E-state index contributed by atoms with van der Waals surface area (Å²) in [4.78, 5) is 12.3. The lowest BCUT2D eigenvalue weighted by Gasteiger charge is -2.42. The van der Waals surface area contributed by atoms with Crippen molar-refractivity contribution in [2.24, 2.45) is 0 Å². The van der Waals surface area contributed by atoms with Gasteiger partial charge in [-0.05, 0) is 30.5 Å². The van der Waals surface area contributed by atoms with Gasteiger partial charge in [-0.2, -0.15) is 0 Å². The summed E-state index contributed by atoms with van der Waals surface area (Å²) in [7, 11) is 0. The van der Waals surface area contributed by atoms with Crippen molar-refractivity contribution in [3.05, 3.63) is 65.5 Å². The van der Waals surface area contributed by atoms with E-state index in [4.69, 9.17) is 5.73 Å². The molecular weight excluding hydrogens is 279 g/mol. The summed E-state index contributed by atoms with van der Waals surface area (Å²) < 4.78 is 13.5. The Morgan fingerprint density at radius 2 is 1.86 bits per heavy atom. The SMILES string of the molecule is Nc1c(F)cccc1C(=O)NCC1(c2ccccc2)CCC1. The number of para-hydroxylation sites is 1. The number of carbonyl (C=O) groups excluding carboxylic acids is 1. The lowest BCUT2D eigenvalue weighted by Crippen LogP contribution is -2.45. The van der Waals surface area contributed by atoms with Gasteiger partial charge in [-0.1, -0.05) is 42.8 Å². The molecule has 0 aliphatic heterocycles. The summed E-state index contributed by atoms with van der Waals surface area (Å²) in [6, 6.07) is 14.5. The number of carbonyl (C=O) groups is 1. The Labute approximate surface area is 129 Å². The van der Waals surface area contributed by atoms with Crippen molar-refractivity contribution in [2.75, 3.05) is 12.3 Å². The lowest BCUT2D eigenvalue weighted by molar-refractivity contribution is 0.0928. The molecule has 2 aromatic rings. The predicted molar refractivity (Wildman–Crippen MR) is 85.1 cm³/mol. The highest BCUT2D eigenvalue weighted by Gasteiger charge is 2.38. The number of hydrogen-bond acceptors (Lipinski definition) is 2. The second kappa shape index (κ2) is 5.79. The Morgan fingerprint density at radius 3 is 2.50 bits per heavy atom. The van der Waals surface area contributed by atoms with Gasteiger partial charge in [0, 0.05) is 12.0 Å². The average molecular weight is 298 g/mol. The molecule has 2 aromatic carbocycles. The number of rotatable bonds is 4. The van der Waals surface area contributed by atoms with Crippen LogP contribution >= 0.6 is 0 Å². The Morgan fingerprint density at radius 1 is 1.14 bits per heavy atom. The summed E-state index contributed by atoms with van der Waals surface area (Å²) in [6.07, 6.45) is 3.26. The molecule has 22 heavy (non-hydrogen) atoms. The van der Waals surface area contributed by atoms with Crippen molar-refractivity contribution in [1.29, 1.82) is 0 Å². The first-order chi connectivity index (χ1) is 10.6. The van der Waals surface area contributed by atoms with Crippen LogP contribution in [-0.4, -0.2) is 12.5 Å². The molecule has 0 heterocycles. The standard InChI is InChI=1S/C18H19FN2O/c19-15-9-4-8-14(16(15)20)17(22)21-12-18(10-5-11-18)13-6-2-1-3-7-13/h1-4,6-9H,5,10-12,20H2,(H,21,22). The highest BCUT2D eigenvalue weighted by Crippen LogP contribution is 2.43. The van der Waals surface area contributed by atoms with Gasteiger partial charge in [0.1, 0.15) is 5.82 Å². The quantitative estimate of drug-likeness (QED) is 0.851. The number of benzene rings is 2. The molecule has 0 spiro atoms. The Hall–Kier alpha value is -2.36. The molecule has 0 unspecified atom stereocenters. The van der Waals surface area contributed by atoms with E-state index < -0.39 is 5.82 Å². The van der Waals surface area contributed by atoms with Crippen LogP contribution in [-0.2, 0) is 5.41 Å². The molecule has 3 rings (SSSR count). The number of hydrogen-bond donors (Lipinski definition) is 2. The van der Waals surface area contributed by atoms with Crippen molar-refractivity contribution in [1.82, 2.24) is 5.32 Å². The largest absolute Gasteiger partial charge is 0.396 e. The van der Waals surface area contributed by atoms with Crippen molar-refractivity contribution in [2.45, 2.75) is 24.7 Å². The van der Waals surface area contributed by atoms with Gasteiger partial charge in [-0.3, -0.25) is 4.79 Å². The number of halogens is 1. The van der Waals surface area contributed by atoms with Gasteiger partial charge in [0.05, 0.1) is 11.3 Å². The fourth-order valence-electron chi connectivity index (χ4n) is 3.04. The van der Waals surface area contributed by atoms with Crippen molar-refractivity contribution in [3.8, 4) is 0 Å². The molecule has 3 nitrogen and oxygen atoms in total. The number of nitrogen functional groups attached to an aromatic ring is 1. The highest BCUT2D eigenvalue weighted by atomic mass is 19.1. The monoisotopic (exact) mass is 298 g/mol. The summed E-state index contributed by atoms with van der Waals surface area (Å²) in [5, 5.41) is 2.92. The van der Waals surface area contributed by atoms with Gasteiger partial charge in [0.15, 0.2) is 0 Å². The van der Waals surface area contributed by atoms with Crippen LogP contribution in [0.15, 0.2) is 48.5 Å². The molecule has 1 saturated carbocycles. The summed E-state index contributed by atoms with van der Waals surface area (Å²) in [5.41, 5.74) is 6.99. The summed E-state index contributed by atoms with van der Waals surface area (Å²) >= 11 is 0. The minimum Gasteiger partial charge on any atom is -0.396 e. The fourth-order valence-corrected chi connectivity index (χ4v) is 3.04. The van der Waals surface area contributed by atoms with E-state index in [-0.39, 0.29) is 22.6 Å². The molecule has 0 aromatic heterocycles. The molecule has 0 bridgehead atoms.